The highest BCUT2D eigenvalue weighted by molar-refractivity contribution is 8.00. The Morgan fingerprint density at radius 3 is 2.76 bits per heavy atom. The molecule has 0 radical (unpaired) electrons. The summed E-state index contributed by atoms with van der Waals surface area (Å²) in [5, 5.41) is -0.172. The standard InChI is InChI=1S/C15H18O5S/c1-3-19-15(17)14(18-2)13-11(9-12(16)20-13)21-10-7-5-4-6-8-10/h4-8,11,13-14H,3,9H2,1-2H3/t11-,13-,14?/m1/s1. The second-order valence-electron chi connectivity index (χ2n) is 4.54. The highest BCUT2D eigenvalue weighted by atomic mass is 32.2. The Labute approximate surface area is 127 Å². The molecule has 6 heteroatoms. The Bertz CT molecular complexity index is 490. The first kappa shape index (κ1) is 15.9. The van der Waals surface area contributed by atoms with E-state index in [0.29, 0.717) is 0 Å². The van der Waals surface area contributed by atoms with E-state index in [1.807, 2.05) is 30.3 Å². The molecule has 114 valence electrons. The average Bonchev–Trinajstić information content (AvgIpc) is 2.82. The number of cyclic esters (lactones) is 1. The fourth-order valence-electron chi connectivity index (χ4n) is 2.18. The van der Waals surface area contributed by atoms with Gasteiger partial charge < -0.3 is 14.2 Å². The van der Waals surface area contributed by atoms with E-state index >= 15 is 0 Å². The minimum atomic E-state index is -0.891. The van der Waals surface area contributed by atoms with Gasteiger partial charge in [-0.05, 0) is 19.1 Å². The first-order valence-electron chi connectivity index (χ1n) is 6.76. The van der Waals surface area contributed by atoms with E-state index in [1.54, 1.807) is 6.92 Å². The van der Waals surface area contributed by atoms with Crippen molar-refractivity contribution in [2.45, 2.75) is 35.7 Å². The Hall–Kier alpha value is -1.53. The van der Waals surface area contributed by atoms with Crippen LogP contribution in [0, 0.1) is 0 Å². The van der Waals surface area contributed by atoms with Crippen LogP contribution in [0.15, 0.2) is 35.2 Å². The van der Waals surface area contributed by atoms with Crippen molar-refractivity contribution in [1.82, 2.24) is 0 Å². The normalized spacial score (nSPS) is 22.7. The average molecular weight is 310 g/mol. The predicted octanol–water partition coefficient (Wildman–Crippen LogP) is 2.04. The molecule has 0 amide bonds. The summed E-state index contributed by atoms with van der Waals surface area (Å²) < 4.78 is 15.5. The molecule has 0 aliphatic carbocycles. The second-order valence-corrected chi connectivity index (χ2v) is 5.85. The van der Waals surface area contributed by atoms with E-state index in [4.69, 9.17) is 14.2 Å². The Balaban J connectivity index is 2.11. The summed E-state index contributed by atoms with van der Waals surface area (Å²) in [7, 11) is 1.41. The van der Waals surface area contributed by atoms with Gasteiger partial charge in [0.25, 0.3) is 0 Å². The topological polar surface area (TPSA) is 61.8 Å². The first-order chi connectivity index (χ1) is 10.2. The third-order valence-electron chi connectivity index (χ3n) is 3.10. The molecular formula is C15H18O5S. The predicted molar refractivity (Wildman–Crippen MR) is 78.0 cm³/mol. The van der Waals surface area contributed by atoms with Gasteiger partial charge in [-0.1, -0.05) is 18.2 Å². The molecule has 1 aliphatic heterocycles. The molecule has 0 spiro atoms. The molecule has 2 rings (SSSR count). The number of carbonyl (C=O) groups excluding carboxylic acids is 2. The van der Waals surface area contributed by atoms with Gasteiger partial charge >= 0.3 is 11.9 Å². The Morgan fingerprint density at radius 2 is 2.14 bits per heavy atom. The number of benzene rings is 1. The fourth-order valence-corrected chi connectivity index (χ4v) is 3.40. The molecule has 1 unspecified atom stereocenters. The minimum absolute atomic E-state index is 0.172. The molecule has 0 N–H and O–H groups in total. The third-order valence-corrected chi connectivity index (χ3v) is 4.39. The smallest absolute Gasteiger partial charge is 0.339 e. The van der Waals surface area contributed by atoms with Crippen LogP contribution in [0.1, 0.15) is 13.3 Å². The number of ether oxygens (including phenoxy) is 3. The van der Waals surface area contributed by atoms with Crippen molar-refractivity contribution >= 4 is 23.7 Å². The van der Waals surface area contributed by atoms with Crippen molar-refractivity contribution in [3.63, 3.8) is 0 Å². The lowest BCUT2D eigenvalue weighted by Crippen LogP contribution is -2.41. The summed E-state index contributed by atoms with van der Waals surface area (Å²) in [5.74, 6) is -0.821. The summed E-state index contributed by atoms with van der Waals surface area (Å²) in [5.41, 5.74) is 0. The summed E-state index contributed by atoms with van der Waals surface area (Å²) in [6, 6.07) is 9.68. The van der Waals surface area contributed by atoms with Gasteiger partial charge in [0.2, 0.25) is 0 Å². The van der Waals surface area contributed by atoms with Crippen molar-refractivity contribution in [2.24, 2.45) is 0 Å². The Morgan fingerprint density at radius 1 is 1.43 bits per heavy atom. The van der Waals surface area contributed by atoms with Crippen LogP contribution in [0.25, 0.3) is 0 Å². The molecule has 21 heavy (non-hydrogen) atoms. The van der Waals surface area contributed by atoms with Gasteiger partial charge in [0.1, 0.15) is 0 Å². The molecule has 1 aromatic carbocycles. The van der Waals surface area contributed by atoms with Gasteiger partial charge in [-0.2, -0.15) is 0 Å². The van der Waals surface area contributed by atoms with Crippen LogP contribution in [-0.2, 0) is 23.8 Å². The zero-order valence-electron chi connectivity index (χ0n) is 12.0. The van der Waals surface area contributed by atoms with Crippen LogP contribution in [0.2, 0.25) is 0 Å². The summed E-state index contributed by atoms with van der Waals surface area (Å²) in [4.78, 5) is 24.5. The maximum Gasteiger partial charge on any atom is 0.339 e. The van der Waals surface area contributed by atoms with Crippen LogP contribution < -0.4 is 0 Å². The molecule has 1 heterocycles. The van der Waals surface area contributed by atoms with E-state index in [-0.39, 0.29) is 24.2 Å². The van der Waals surface area contributed by atoms with E-state index in [1.165, 1.54) is 18.9 Å². The molecule has 0 aromatic heterocycles. The zero-order chi connectivity index (χ0) is 15.2. The van der Waals surface area contributed by atoms with Crippen molar-refractivity contribution < 1.29 is 23.8 Å². The molecule has 0 saturated carbocycles. The van der Waals surface area contributed by atoms with Gasteiger partial charge in [-0.15, -0.1) is 11.8 Å². The lowest BCUT2D eigenvalue weighted by molar-refractivity contribution is -0.165. The van der Waals surface area contributed by atoms with E-state index < -0.39 is 18.2 Å². The van der Waals surface area contributed by atoms with E-state index in [9.17, 15) is 9.59 Å². The van der Waals surface area contributed by atoms with E-state index in [2.05, 4.69) is 0 Å². The number of hydrogen-bond donors (Lipinski definition) is 0. The van der Waals surface area contributed by atoms with Gasteiger partial charge in [0.15, 0.2) is 12.2 Å². The zero-order valence-corrected chi connectivity index (χ0v) is 12.8. The molecule has 1 aromatic rings. The summed E-state index contributed by atoms with van der Waals surface area (Å²) in [6.07, 6.45) is -1.27. The SMILES string of the molecule is CCOC(=O)C(OC)[C@@H]1OC(=O)C[C@H]1Sc1ccccc1. The highest BCUT2D eigenvalue weighted by Gasteiger charge is 2.44. The maximum atomic E-state index is 11.9. The minimum Gasteiger partial charge on any atom is -0.464 e. The first-order valence-corrected chi connectivity index (χ1v) is 7.64. The molecule has 0 bridgehead atoms. The van der Waals surface area contributed by atoms with Crippen molar-refractivity contribution in [1.29, 1.82) is 0 Å². The number of esters is 2. The maximum absolute atomic E-state index is 11.9. The summed E-state index contributed by atoms with van der Waals surface area (Å²) in [6.45, 7) is 1.98. The van der Waals surface area contributed by atoms with Gasteiger partial charge in [-0.25, -0.2) is 4.79 Å². The molecular weight excluding hydrogens is 292 g/mol. The fraction of sp³-hybridized carbons (Fsp3) is 0.467. The molecule has 1 aliphatic rings. The quantitative estimate of drug-likeness (QED) is 0.749. The largest absolute Gasteiger partial charge is 0.464 e. The van der Waals surface area contributed by atoms with Crippen LogP contribution in [0.4, 0.5) is 0 Å². The van der Waals surface area contributed by atoms with E-state index in [0.717, 1.165) is 4.90 Å². The van der Waals surface area contributed by atoms with Crippen molar-refractivity contribution in [3.8, 4) is 0 Å². The van der Waals surface area contributed by atoms with Crippen LogP contribution in [0.3, 0.4) is 0 Å². The van der Waals surface area contributed by atoms with Crippen molar-refractivity contribution in [3.05, 3.63) is 30.3 Å². The third kappa shape index (κ3) is 3.98. The molecule has 5 nitrogen and oxygen atoms in total. The van der Waals surface area contributed by atoms with Gasteiger partial charge in [0.05, 0.1) is 18.3 Å². The highest BCUT2D eigenvalue weighted by Crippen LogP contribution is 2.35. The number of rotatable bonds is 6. The van der Waals surface area contributed by atoms with Gasteiger partial charge in [0, 0.05) is 12.0 Å². The molecule has 1 fully saturated rings. The number of hydrogen-bond acceptors (Lipinski definition) is 6. The summed E-state index contributed by atoms with van der Waals surface area (Å²) >= 11 is 1.51. The Kier molecular flexibility index (Phi) is 5.64. The van der Waals surface area contributed by atoms with Gasteiger partial charge in [-0.3, -0.25) is 4.79 Å². The van der Waals surface area contributed by atoms with Crippen LogP contribution >= 0.6 is 11.8 Å². The van der Waals surface area contributed by atoms with Crippen LogP contribution in [0.5, 0.6) is 0 Å². The lowest BCUT2D eigenvalue weighted by Gasteiger charge is -2.23. The number of methoxy groups -OCH3 is 1. The lowest BCUT2D eigenvalue weighted by atomic mass is 10.1. The number of thioether (sulfide) groups is 1. The number of carbonyl (C=O) groups is 2. The van der Waals surface area contributed by atoms with Crippen LogP contribution in [-0.4, -0.2) is 43.1 Å². The molecule has 3 atom stereocenters. The van der Waals surface area contributed by atoms with Crippen molar-refractivity contribution in [2.75, 3.05) is 13.7 Å². The monoisotopic (exact) mass is 310 g/mol. The molecule has 1 saturated heterocycles. The second kappa shape index (κ2) is 7.47.